The Kier molecular flexibility index (Phi) is 5.65. The Bertz CT molecular complexity index is 608. The number of ether oxygens (including phenoxy) is 2. The Hall–Kier alpha value is -1.96. The highest BCUT2D eigenvalue weighted by molar-refractivity contribution is 9.10. The van der Waals surface area contributed by atoms with E-state index in [2.05, 4.69) is 20.7 Å². The lowest BCUT2D eigenvalue weighted by atomic mass is 9.97. The van der Waals surface area contributed by atoms with Gasteiger partial charge in [0.2, 0.25) is 0 Å². The largest absolute Gasteiger partial charge is 0.468 e. The van der Waals surface area contributed by atoms with Gasteiger partial charge in [-0.1, -0.05) is 15.9 Å². The minimum Gasteiger partial charge on any atom is -0.468 e. The fourth-order valence-electron chi connectivity index (χ4n) is 1.75. The van der Waals surface area contributed by atoms with Crippen LogP contribution in [-0.2, 0) is 19.1 Å². The van der Waals surface area contributed by atoms with Crippen molar-refractivity contribution in [3.8, 4) is 0 Å². The molecule has 0 radical (unpaired) electrons. The van der Waals surface area contributed by atoms with Gasteiger partial charge in [0.15, 0.2) is 5.92 Å². The predicted molar refractivity (Wildman–Crippen MR) is 81.4 cm³/mol. The minimum absolute atomic E-state index is 0.0829. The first-order valence-corrected chi connectivity index (χ1v) is 7.10. The maximum absolute atomic E-state index is 12.3. The van der Waals surface area contributed by atoms with Crippen LogP contribution in [0.2, 0.25) is 0 Å². The van der Waals surface area contributed by atoms with Gasteiger partial charge in [0.25, 0.3) is 5.69 Å². The molecule has 1 atom stereocenters. The number of benzene rings is 1. The quantitative estimate of drug-likeness (QED) is 0.348. The van der Waals surface area contributed by atoms with E-state index in [1.165, 1.54) is 18.2 Å². The number of carbonyl (C=O) groups is 2. The monoisotopic (exact) mass is 373 g/mol. The van der Waals surface area contributed by atoms with E-state index in [4.69, 9.17) is 4.74 Å². The van der Waals surface area contributed by atoms with E-state index in [1.807, 2.05) is 0 Å². The number of nitro groups is 1. The molecule has 1 aromatic carbocycles. The van der Waals surface area contributed by atoms with E-state index in [0.29, 0.717) is 4.47 Å². The highest BCUT2D eigenvalue weighted by Crippen LogP contribution is 2.32. The molecule has 0 N–H and O–H groups in total. The highest BCUT2D eigenvalue weighted by Gasteiger charge is 2.38. The molecule has 22 heavy (non-hydrogen) atoms. The summed E-state index contributed by atoms with van der Waals surface area (Å²) in [5.41, 5.74) is -1.28. The Morgan fingerprint density at radius 2 is 1.86 bits per heavy atom. The smallest absolute Gasteiger partial charge is 0.325 e. The van der Waals surface area contributed by atoms with Crippen LogP contribution in [0.5, 0.6) is 0 Å². The number of halogens is 1. The van der Waals surface area contributed by atoms with Gasteiger partial charge in [0.1, 0.15) is 5.60 Å². The lowest BCUT2D eigenvalue weighted by Crippen LogP contribution is -2.32. The summed E-state index contributed by atoms with van der Waals surface area (Å²) in [6, 6.07) is 3.99. The van der Waals surface area contributed by atoms with Crippen LogP contribution in [-0.4, -0.2) is 29.6 Å². The van der Waals surface area contributed by atoms with Gasteiger partial charge < -0.3 is 9.47 Å². The SMILES string of the molecule is COC(=O)C(C(=O)OC(C)(C)C)c1cc(Br)ccc1[N+](=O)[O-]. The fourth-order valence-corrected chi connectivity index (χ4v) is 2.13. The summed E-state index contributed by atoms with van der Waals surface area (Å²) in [5.74, 6) is -3.35. The first-order chi connectivity index (χ1) is 10.1. The zero-order valence-corrected chi connectivity index (χ0v) is 14.2. The van der Waals surface area contributed by atoms with Crippen molar-refractivity contribution in [2.24, 2.45) is 0 Å². The van der Waals surface area contributed by atoms with E-state index >= 15 is 0 Å². The predicted octanol–water partition coefficient (Wildman–Crippen LogP) is 2.96. The third kappa shape index (κ3) is 4.52. The molecule has 0 amide bonds. The van der Waals surface area contributed by atoms with Crippen LogP contribution in [0.3, 0.4) is 0 Å². The van der Waals surface area contributed by atoms with Gasteiger partial charge in [-0.2, -0.15) is 0 Å². The number of methoxy groups -OCH3 is 1. The van der Waals surface area contributed by atoms with E-state index in [1.54, 1.807) is 20.8 Å². The Balaban J connectivity index is 3.41. The maximum Gasteiger partial charge on any atom is 0.325 e. The van der Waals surface area contributed by atoms with Crippen molar-refractivity contribution in [3.63, 3.8) is 0 Å². The van der Waals surface area contributed by atoms with Gasteiger partial charge in [-0.3, -0.25) is 19.7 Å². The standard InChI is InChI=1S/C14H16BrNO6/c1-14(2,3)22-13(18)11(12(17)21-4)9-7-8(15)5-6-10(9)16(19)20/h5-7,11H,1-4H3. The van der Waals surface area contributed by atoms with Gasteiger partial charge >= 0.3 is 11.9 Å². The number of hydrogen-bond acceptors (Lipinski definition) is 6. The van der Waals surface area contributed by atoms with Gasteiger partial charge in [-0.05, 0) is 32.9 Å². The first-order valence-electron chi connectivity index (χ1n) is 6.31. The van der Waals surface area contributed by atoms with Crippen LogP contribution >= 0.6 is 15.9 Å². The molecule has 0 heterocycles. The number of hydrogen-bond donors (Lipinski definition) is 0. The normalized spacial score (nSPS) is 12.4. The Morgan fingerprint density at radius 1 is 1.27 bits per heavy atom. The molecule has 1 unspecified atom stereocenters. The molecule has 8 heteroatoms. The molecular formula is C14H16BrNO6. The molecule has 0 aliphatic rings. The lowest BCUT2D eigenvalue weighted by Gasteiger charge is -2.23. The Labute approximate surface area is 135 Å². The van der Waals surface area contributed by atoms with Crippen LogP contribution in [0.15, 0.2) is 22.7 Å². The fraction of sp³-hybridized carbons (Fsp3) is 0.429. The molecule has 0 saturated heterocycles. The number of carbonyl (C=O) groups excluding carboxylic acids is 2. The summed E-state index contributed by atoms with van der Waals surface area (Å²) < 4.78 is 10.3. The third-order valence-electron chi connectivity index (χ3n) is 2.58. The average Bonchev–Trinajstić information content (AvgIpc) is 2.36. The summed E-state index contributed by atoms with van der Waals surface area (Å²) in [4.78, 5) is 34.7. The number of nitrogens with zero attached hydrogens (tertiary/aromatic N) is 1. The van der Waals surface area contributed by atoms with E-state index < -0.39 is 28.4 Å². The van der Waals surface area contributed by atoms with Crippen LogP contribution in [0.1, 0.15) is 32.3 Å². The minimum atomic E-state index is -1.53. The highest BCUT2D eigenvalue weighted by atomic mass is 79.9. The molecule has 0 saturated carbocycles. The summed E-state index contributed by atoms with van der Waals surface area (Å²) in [6.45, 7) is 4.90. The molecule has 0 aliphatic heterocycles. The second kappa shape index (κ2) is 6.87. The molecule has 0 spiro atoms. The van der Waals surface area contributed by atoms with Crippen molar-refractivity contribution in [3.05, 3.63) is 38.3 Å². The van der Waals surface area contributed by atoms with E-state index in [-0.39, 0.29) is 11.3 Å². The van der Waals surface area contributed by atoms with Gasteiger partial charge in [-0.25, -0.2) is 0 Å². The van der Waals surface area contributed by atoms with Crippen molar-refractivity contribution in [2.45, 2.75) is 32.3 Å². The second-order valence-corrected chi connectivity index (χ2v) is 6.37. The average molecular weight is 374 g/mol. The topological polar surface area (TPSA) is 95.7 Å². The third-order valence-corrected chi connectivity index (χ3v) is 3.07. The summed E-state index contributed by atoms with van der Waals surface area (Å²) in [5, 5.41) is 11.1. The van der Waals surface area contributed by atoms with Crippen molar-refractivity contribution < 1.29 is 24.0 Å². The number of nitro benzene ring substituents is 1. The molecule has 1 aromatic rings. The van der Waals surface area contributed by atoms with Crippen molar-refractivity contribution in [1.82, 2.24) is 0 Å². The molecule has 120 valence electrons. The number of rotatable bonds is 4. The van der Waals surface area contributed by atoms with Crippen molar-refractivity contribution in [1.29, 1.82) is 0 Å². The molecule has 0 aromatic heterocycles. The van der Waals surface area contributed by atoms with Crippen LogP contribution < -0.4 is 0 Å². The molecule has 0 bridgehead atoms. The van der Waals surface area contributed by atoms with Gasteiger partial charge in [0, 0.05) is 10.5 Å². The summed E-state index contributed by atoms with van der Waals surface area (Å²) in [6.07, 6.45) is 0. The summed E-state index contributed by atoms with van der Waals surface area (Å²) in [7, 11) is 1.10. The Morgan fingerprint density at radius 3 is 2.32 bits per heavy atom. The van der Waals surface area contributed by atoms with Crippen LogP contribution in [0.25, 0.3) is 0 Å². The maximum atomic E-state index is 12.3. The number of esters is 2. The molecule has 0 aliphatic carbocycles. The summed E-state index contributed by atoms with van der Waals surface area (Å²) >= 11 is 3.17. The van der Waals surface area contributed by atoms with E-state index in [0.717, 1.165) is 7.11 Å². The van der Waals surface area contributed by atoms with Gasteiger partial charge in [0.05, 0.1) is 17.6 Å². The lowest BCUT2D eigenvalue weighted by molar-refractivity contribution is -0.385. The zero-order chi connectivity index (χ0) is 17.1. The second-order valence-electron chi connectivity index (χ2n) is 5.45. The first kappa shape index (κ1) is 18.1. The van der Waals surface area contributed by atoms with Crippen LogP contribution in [0.4, 0.5) is 5.69 Å². The molecule has 7 nitrogen and oxygen atoms in total. The molecule has 0 fully saturated rings. The van der Waals surface area contributed by atoms with E-state index in [9.17, 15) is 19.7 Å². The van der Waals surface area contributed by atoms with Crippen molar-refractivity contribution in [2.75, 3.05) is 7.11 Å². The van der Waals surface area contributed by atoms with Gasteiger partial charge in [-0.15, -0.1) is 0 Å². The van der Waals surface area contributed by atoms with Crippen molar-refractivity contribution >= 4 is 33.6 Å². The zero-order valence-electron chi connectivity index (χ0n) is 12.6. The van der Waals surface area contributed by atoms with Crippen LogP contribution in [0, 0.1) is 10.1 Å². The molecule has 1 rings (SSSR count). The molecular weight excluding hydrogens is 358 g/mol.